The van der Waals surface area contributed by atoms with Gasteiger partial charge in [-0.05, 0) is 24.6 Å². The second-order valence-electron chi connectivity index (χ2n) is 4.16. The third-order valence-corrected chi connectivity index (χ3v) is 3.11. The first kappa shape index (κ1) is 14.3. The molecule has 0 aliphatic rings. The van der Waals surface area contributed by atoms with Crippen LogP contribution in [0.2, 0.25) is 5.02 Å². The highest BCUT2D eigenvalue weighted by Crippen LogP contribution is 2.23. The fourth-order valence-electron chi connectivity index (χ4n) is 1.80. The zero-order valence-electron chi connectivity index (χ0n) is 11.3. The summed E-state index contributed by atoms with van der Waals surface area (Å²) >= 11 is 6.13. The average molecular weight is 291 g/mol. The van der Waals surface area contributed by atoms with Crippen molar-refractivity contribution in [3.05, 3.63) is 53.1 Å². The number of rotatable bonds is 4. The molecule has 20 heavy (non-hydrogen) atoms. The molecule has 0 aliphatic carbocycles. The number of hydrogen-bond donors (Lipinski definition) is 0. The number of carbonyl (C=O) groups is 1. The Morgan fingerprint density at radius 3 is 2.80 bits per heavy atom. The van der Waals surface area contributed by atoms with Crippen LogP contribution in [0, 0.1) is 0 Å². The van der Waals surface area contributed by atoms with E-state index in [1.54, 1.807) is 36.0 Å². The van der Waals surface area contributed by atoms with Crippen molar-refractivity contribution in [2.75, 3.05) is 6.61 Å². The Bertz CT molecular complexity index is 647. The third-order valence-electron chi connectivity index (χ3n) is 2.76. The minimum Gasteiger partial charge on any atom is -0.462 e. The van der Waals surface area contributed by atoms with E-state index in [0.717, 1.165) is 5.56 Å². The van der Waals surface area contributed by atoms with Crippen LogP contribution in [0.4, 0.5) is 0 Å². The van der Waals surface area contributed by atoms with Gasteiger partial charge in [-0.25, -0.2) is 9.78 Å². The van der Waals surface area contributed by atoms with Crippen molar-refractivity contribution in [3.8, 4) is 0 Å². The van der Waals surface area contributed by atoms with Gasteiger partial charge in [0.15, 0.2) is 0 Å². The maximum Gasteiger partial charge on any atom is 0.341 e. The summed E-state index contributed by atoms with van der Waals surface area (Å²) in [4.78, 5) is 16.3. The molecule has 0 radical (unpaired) electrons. The molecule has 1 aromatic heterocycles. The van der Waals surface area contributed by atoms with Crippen LogP contribution in [0.3, 0.4) is 0 Å². The molecule has 0 N–H and O–H groups in total. The summed E-state index contributed by atoms with van der Waals surface area (Å²) in [7, 11) is 1.82. The Kier molecular flexibility index (Phi) is 4.58. The van der Waals surface area contributed by atoms with Gasteiger partial charge in [-0.2, -0.15) is 0 Å². The topological polar surface area (TPSA) is 44.1 Å². The van der Waals surface area contributed by atoms with Gasteiger partial charge >= 0.3 is 5.97 Å². The fraction of sp³-hybridized carbons (Fsp3) is 0.200. The summed E-state index contributed by atoms with van der Waals surface area (Å²) in [5, 5.41) is 0.573. The Morgan fingerprint density at radius 2 is 2.20 bits per heavy atom. The Morgan fingerprint density at radius 1 is 1.45 bits per heavy atom. The van der Waals surface area contributed by atoms with E-state index >= 15 is 0 Å². The molecule has 5 heteroatoms. The molecule has 0 amide bonds. The van der Waals surface area contributed by atoms with Gasteiger partial charge in [0, 0.05) is 24.5 Å². The summed E-state index contributed by atoms with van der Waals surface area (Å²) in [5.74, 6) is 0.130. The average Bonchev–Trinajstić information content (AvgIpc) is 2.84. The summed E-state index contributed by atoms with van der Waals surface area (Å²) < 4.78 is 6.85. The van der Waals surface area contributed by atoms with Crippen LogP contribution in [0.1, 0.15) is 18.3 Å². The van der Waals surface area contributed by atoms with Crippen molar-refractivity contribution in [1.82, 2.24) is 9.55 Å². The summed E-state index contributed by atoms with van der Waals surface area (Å²) in [6.07, 6.45) is 5.10. The number of imidazole rings is 1. The number of carbonyl (C=O) groups excluding carboxylic acids is 1. The SMILES string of the molecule is CCOC(=O)/C(=C/c1ccccc1Cl)c1nccn1C. The predicted molar refractivity (Wildman–Crippen MR) is 79.2 cm³/mol. The van der Waals surface area contributed by atoms with Crippen LogP contribution < -0.4 is 0 Å². The van der Waals surface area contributed by atoms with E-state index in [2.05, 4.69) is 4.98 Å². The van der Waals surface area contributed by atoms with Crippen LogP contribution in [-0.2, 0) is 16.6 Å². The molecule has 1 heterocycles. The first-order valence-electron chi connectivity index (χ1n) is 6.24. The number of benzene rings is 1. The molecule has 0 fully saturated rings. The van der Waals surface area contributed by atoms with Crippen molar-refractivity contribution in [3.63, 3.8) is 0 Å². The Balaban J connectivity index is 2.50. The highest BCUT2D eigenvalue weighted by atomic mass is 35.5. The van der Waals surface area contributed by atoms with E-state index in [9.17, 15) is 4.79 Å². The zero-order valence-corrected chi connectivity index (χ0v) is 12.1. The van der Waals surface area contributed by atoms with Crippen molar-refractivity contribution in [1.29, 1.82) is 0 Å². The Labute approximate surface area is 122 Å². The molecule has 2 rings (SSSR count). The van der Waals surface area contributed by atoms with E-state index in [0.29, 0.717) is 23.0 Å². The molecular formula is C15H15ClN2O2. The minimum absolute atomic E-state index is 0.309. The number of nitrogens with zero attached hydrogens (tertiary/aromatic N) is 2. The van der Waals surface area contributed by atoms with E-state index in [1.165, 1.54) is 0 Å². The molecule has 0 saturated carbocycles. The van der Waals surface area contributed by atoms with Crippen LogP contribution in [0.5, 0.6) is 0 Å². The van der Waals surface area contributed by atoms with Crippen LogP contribution >= 0.6 is 11.6 Å². The maximum absolute atomic E-state index is 12.1. The van der Waals surface area contributed by atoms with Gasteiger partial charge in [0.1, 0.15) is 11.4 Å². The monoisotopic (exact) mass is 290 g/mol. The second-order valence-corrected chi connectivity index (χ2v) is 4.57. The predicted octanol–water partition coefficient (Wildman–Crippen LogP) is 3.18. The lowest BCUT2D eigenvalue weighted by atomic mass is 10.1. The van der Waals surface area contributed by atoms with Gasteiger partial charge in [-0.15, -0.1) is 0 Å². The lowest BCUT2D eigenvalue weighted by Crippen LogP contribution is -2.10. The molecule has 1 aromatic carbocycles. The second kappa shape index (κ2) is 6.39. The molecule has 2 aromatic rings. The molecular weight excluding hydrogens is 276 g/mol. The first-order valence-corrected chi connectivity index (χ1v) is 6.62. The van der Waals surface area contributed by atoms with Gasteiger partial charge in [0.05, 0.1) is 6.61 Å². The third kappa shape index (κ3) is 3.08. The van der Waals surface area contributed by atoms with Gasteiger partial charge in [-0.1, -0.05) is 29.8 Å². The van der Waals surface area contributed by atoms with E-state index in [4.69, 9.17) is 16.3 Å². The normalized spacial score (nSPS) is 11.4. The highest BCUT2D eigenvalue weighted by Gasteiger charge is 2.17. The summed E-state index contributed by atoms with van der Waals surface area (Å²) in [5.41, 5.74) is 1.13. The number of halogens is 1. The van der Waals surface area contributed by atoms with Gasteiger partial charge in [0.2, 0.25) is 0 Å². The molecule has 0 bridgehead atoms. The molecule has 0 aliphatic heterocycles. The molecule has 104 valence electrons. The van der Waals surface area contributed by atoms with E-state index < -0.39 is 5.97 Å². The van der Waals surface area contributed by atoms with Crippen molar-refractivity contribution < 1.29 is 9.53 Å². The van der Waals surface area contributed by atoms with Crippen molar-refractivity contribution in [2.45, 2.75) is 6.92 Å². The van der Waals surface area contributed by atoms with Crippen molar-refractivity contribution >= 4 is 29.2 Å². The lowest BCUT2D eigenvalue weighted by molar-refractivity contribution is -0.136. The minimum atomic E-state index is -0.415. The number of aryl methyl sites for hydroxylation is 1. The van der Waals surface area contributed by atoms with Gasteiger partial charge < -0.3 is 9.30 Å². The first-order chi connectivity index (χ1) is 9.63. The number of ether oxygens (including phenoxy) is 1. The zero-order chi connectivity index (χ0) is 14.5. The molecule has 0 unspecified atom stereocenters. The molecule has 4 nitrogen and oxygen atoms in total. The Hall–Kier alpha value is -2.07. The number of esters is 1. The highest BCUT2D eigenvalue weighted by molar-refractivity contribution is 6.33. The molecule has 0 spiro atoms. The van der Waals surface area contributed by atoms with Crippen molar-refractivity contribution in [2.24, 2.45) is 7.05 Å². The van der Waals surface area contributed by atoms with Gasteiger partial charge in [-0.3, -0.25) is 0 Å². The van der Waals surface area contributed by atoms with E-state index in [-0.39, 0.29) is 0 Å². The maximum atomic E-state index is 12.1. The largest absolute Gasteiger partial charge is 0.462 e. The number of aromatic nitrogens is 2. The van der Waals surface area contributed by atoms with Crippen LogP contribution in [0.15, 0.2) is 36.7 Å². The molecule has 0 atom stereocenters. The van der Waals surface area contributed by atoms with Crippen LogP contribution in [-0.4, -0.2) is 22.1 Å². The van der Waals surface area contributed by atoms with E-state index in [1.807, 2.05) is 25.2 Å². The molecule has 0 saturated heterocycles. The smallest absolute Gasteiger partial charge is 0.341 e. The quantitative estimate of drug-likeness (QED) is 0.642. The number of hydrogen-bond acceptors (Lipinski definition) is 3. The fourth-order valence-corrected chi connectivity index (χ4v) is 1.99. The summed E-state index contributed by atoms with van der Waals surface area (Å²) in [6.45, 7) is 2.08. The standard InChI is InChI=1S/C15H15ClN2O2/c1-3-20-15(19)12(14-17-8-9-18(14)2)10-11-6-4-5-7-13(11)16/h4-10H,3H2,1-2H3/b12-10+. The van der Waals surface area contributed by atoms with Crippen LogP contribution in [0.25, 0.3) is 11.6 Å². The van der Waals surface area contributed by atoms with Gasteiger partial charge in [0.25, 0.3) is 0 Å². The lowest BCUT2D eigenvalue weighted by Gasteiger charge is -2.08. The summed E-state index contributed by atoms with van der Waals surface area (Å²) in [6, 6.07) is 7.31.